The fourth-order valence-corrected chi connectivity index (χ4v) is 0. The molecule has 0 atom stereocenters. The second kappa shape index (κ2) is 9.19. The molecule has 0 bridgehead atoms. The van der Waals surface area contributed by atoms with Crippen molar-refractivity contribution in [3.8, 4) is 0 Å². The minimum absolute atomic E-state index is 0. The van der Waals surface area contributed by atoms with Crippen molar-refractivity contribution in [1.82, 2.24) is 0 Å². The average Bonchev–Trinajstić information content (AvgIpc) is 1.37. The molecular formula is C3H6SbSc-. The fraction of sp³-hybridized carbons (Fsp3) is 0.667. The molecule has 5 heavy (non-hydrogen) atoms. The van der Waals surface area contributed by atoms with Crippen LogP contribution in [-0.2, 0) is 25.8 Å². The van der Waals surface area contributed by atoms with Crippen LogP contribution in [0.4, 0.5) is 0 Å². The van der Waals surface area contributed by atoms with Gasteiger partial charge >= 0.3 is 40.7 Å². The van der Waals surface area contributed by atoms with Crippen LogP contribution in [0.25, 0.3) is 0 Å². The maximum atomic E-state index is 3.62. The zero-order chi connectivity index (χ0) is 3.41. The van der Waals surface area contributed by atoms with Crippen LogP contribution in [0, 0.1) is 6.92 Å². The number of hydrogen-bond acceptors (Lipinski definition) is 0. The second-order valence-corrected chi connectivity index (χ2v) is 1.85. The Morgan fingerprint density at radius 1 is 1.60 bits per heavy atom. The molecule has 27 valence electrons. The molecule has 0 aromatic heterocycles. The summed E-state index contributed by atoms with van der Waals surface area (Å²) >= 11 is 1.83. The molecule has 0 N–H and O–H groups in total. The van der Waals surface area contributed by atoms with Gasteiger partial charge in [-0.15, -0.1) is 0 Å². The zero-order valence-electron chi connectivity index (χ0n) is 3.15. The van der Waals surface area contributed by atoms with Gasteiger partial charge in [0.2, 0.25) is 0 Å². The van der Waals surface area contributed by atoms with Crippen molar-refractivity contribution in [3.05, 3.63) is 6.92 Å². The molecule has 0 spiro atoms. The van der Waals surface area contributed by atoms with E-state index in [9.17, 15) is 0 Å². The first kappa shape index (κ1) is 9.85. The van der Waals surface area contributed by atoms with Crippen molar-refractivity contribution < 1.29 is 25.8 Å². The molecule has 0 saturated heterocycles. The summed E-state index contributed by atoms with van der Waals surface area (Å²) in [4.78, 5) is 0. The quantitative estimate of drug-likeness (QED) is 0.442. The summed E-state index contributed by atoms with van der Waals surface area (Å²) in [5.41, 5.74) is 0. The fourth-order valence-electron chi connectivity index (χ4n) is 0. The van der Waals surface area contributed by atoms with E-state index in [2.05, 4.69) is 6.92 Å². The normalized spacial score (nSPS) is 6.00. The molecule has 0 heterocycles. The molecule has 0 aliphatic heterocycles. The van der Waals surface area contributed by atoms with Crippen molar-refractivity contribution in [1.29, 1.82) is 0 Å². The van der Waals surface area contributed by atoms with Gasteiger partial charge in [-0.25, -0.2) is 0 Å². The van der Waals surface area contributed by atoms with Gasteiger partial charge in [-0.3, -0.25) is 0 Å². The van der Waals surface area contributed by atoms with E-state index >= 15 is 0 Å². The molecule has 0 fully saturated rings. The van der Waals surface area contributed by atoms with E-state index in [0.29, 0.717) is 0 Å². The maximum absolute atomic E-state index is 3.62. The summed E-state index contributed by atoms with van der Waals surface area (Å²) in [5, 5.41) is 0. The molecule has 0 aliphatic rings. The zero-order valence-corrected chi connectivity index (χ0v) is 7.50. The predicted molar refractivity (Wildman–Crippen MR) is 20.5 cm³/mol. The van der Waals surface area contributed by atoms with Crippen LogP contribution in [0.5, 0.6) is 0 Å². The maximum Gasteiger partial charge on any atom is 0 e. The molecule has 0 unspecified atom stereocenters. The van der Waals surface area contributed by atoms with Crippen LogP contribution < -0.4 is 0 Å². The minimum atomic E-state index is 0. The van der Waals surface area contributed by atoms with Crippen molar-refractivity contribution in [3.63, 3.8) is 0 Å². The average molecular weight is 209 g/mol. The van der Waals surface area contributed by atoms with E-state index in [1.165, 1.54) is 4.37 Å². The summed E-state index contributed by atoms with van der Waals surface area (Å²) < 4.78 is 1.26. The van der Waals surface area contributed by atoms with Gasteiger partial charge < -0.3 is 0 Å². The van der Waals surface area contributed by atoms with Gasteiger partial charge in [-0.1, -0.05) is 0 Å². The third kappa shape index (κ3) is 10.7. The Hall–Kier alpha value is 1.69. The molecule has 0 saturated carbocycles. The van der Waals surface area contributed by atoms with Crippen LogP contribution in [0.15, 0.2) is 0 Å². The third-order valence-electron chi connectivity index (χ3n) is 0.158. The van der Waals surface area contributed by atoms with E-state index in [0.717, 1.165) is 6.42 Å². The topological polar surface area (TPSA) is 0 Å². The van der Waals surface area contributed by atoms with Crippen molar-refractivity contribution in [2.45, 2.75) is 10.8 Å². The van der Waals surface area contributed by atoms with E-state index in [-0.39, 0.29) is 25.8 Å². The SMILES string of the molecule is [CH2-]C[CH2][Sb].[Sc]. The van der Waals surface area contributed by atoms with Gasteiger partial charge in [0.25, 0.3) is 0 Å². The van der Waals surface area contributed by atoms with Crippen LogP contribution in [0.2, 0.25) is 4.37 Å². The smallest absolute Gasteiger partial charge is 0 e. The standard InChI is InChI=1S/C3H6.Sb.Sc/c1-3-2;;/h1-3H2;;/q-1;;. The van der Waals surface area contributed by atoms with Crippen molar-refractivity contribution in [2.75, 3.05) is 0 Å². The van der Waals surface area contributed by atoms with Gasteiger partial charge in [0, 0.05) is 25.8 Å². The molecule has 0 amide bonds. The summed E-state index contributed by atoms with van der Waals surface area (Å²) in [5.74, 6) is 0. The van der Waals surface area contributed by atoms with E-state index in [1.807, 2.05) is 23.0 Å². The Morgan fingerprint density at radius 2 is 1.80 bits per heavy atom. The van der Waals surface area contributed by atoms with Gasteiger partial charge in [-0.05, 0) is 0 Å². The third-order valence-corrected chi connectivity index (χ3v) is 1.06. The van der Waals surface area contributed by atoms with Gasteiger partial charge in [-0.2, -0.15) is 0 Å². The largest absolute Gasteiger partial charge is 0 e. The minimum Gasteiger partial charge on any atom is 0 e. The van der Waals surface area contributed by atoms with Crippen molar-refractivity contribution >= 4 is 23.0 Å². The summed E-state index contributed by atoms with van der Waals surface area (Å²) in [7, 11) is 0. The van der Waals surface area contributed by atoms with Gasteiger partial charge in [0.05, 0.1) is 0 Å². The molecule has 0 rings (SSSR count). The van der Waals surface area contributed by atoms with Crippen LogP contribution in [-0.4, -0.2) is 23.0 Å². The van der Waals surface area contributed by atoms with Gasteiger partial charge in [0.15, 0.2) is 0 Å². The first-order valence-electron chi connectivity index (χ1n) is 1.32. The summed E-state index contributed by atoms with van der Waals surface area (Å²) in [6.45, 7) is 3.62. The Morgan fingerprint density at radius 3 is 1.80 bits per heavy atom. The first-order valence-corrected chi connectivity index (χ1v) is 3.12. The monoisotopic (exact) mass is 208 g/mol. The molecule has 0 nitrogen and oxygen atoms in total. The molecule has 0 aromatic rings. The van der Waals surface area contributed by atoms with E-state index < -0.39 is 0 Å². The number of rotatable bonds is 1. The second-order valence-electron chi connectivity index (χ2n) is 0.577. The summed E-state index contributed by atoms with van der Waals surface area (Å²) in [6.07, 6.45) is 1.09. The van der Waals surface area contributed by atoms with E-state index in [4.69, 9.17) is 0 Å². The Labute approximate surface area is 66.0 Å². The van der Waals surface area contributed by atoms with E-state index in [1.54, 1.807) is 0 Å². The van der Waals surface area contributed by atoms with Crippen LogP contribution in [0.1, 0.15) is 6.42 Å². The predicted octanol–water partition coefficient (Wildman–Crippen LogP) is 0.795. The van der Waals surface area contributed by atoms with Crippen molar-refractivity contribution in [2.24, 2.45) is 0 Å². The molecule has 0 aromatic carbocycles. The molecule has 3 radical (unpaired) electrons. The Kier molecular flexibility index (Phi) is 18.1. The molecule has 2 heteroatoms. The Balaban J connectivity index is 0. The molecular weight excluding hydrogens is 203 g/mol. The molecule has 0 aliphatic carbocycles. The van der Waals surface area contributed by atoms with Gasteiger partial charge in [0.1, 0.15) is 0 Å². The first-order chi connectivity index (χ1) is 1.91. The Bertz CT molecular complexity index is 8.85. The number of hydrogen-bond donors (Lipinski definition) is 0. The van der Waals surface area contributed by atoms with Crippen LogP contribution >= 0.6 is 0 Å². The van der Waals surface area contributed by atoms with Crippen LogP contribution in [0.3, 0.4) is 0 Å². The summed E-state index contributed by atoms with van der Waals surface area (Å²) in [6, 6.07) is 0.